The van der Waals surface area contributed by atoms with Crippen molar-refractivity contribution in [2.75, 3.05) is 11.9 Å². The monoisotopic (exact) mass is 303 g/mol. The van der Waals surface area contributed by atoms with Crippen LogP contribution in [-0.4, -0.2) is 32.3 Å². The van der Waals surface area contributed by atoms with Gasteiger partial charge in [-0.2, -0.15) is 0 Å². The lowest BCUT2D eigenvalue weighted by molar-refractivity contribution is -0.138. The molecule has 0 radical (unpaired) electrons. The van der Waals surface area contributed by atoms with Crippen molar-refractivity contribution in [2.24, 2.45) is 0 Å². The summed E-state index contributed by atoms with van der Waals surface area (Å²) in [6.45, 7) is 4.56. The van der Waals surface area contributed by atoms with Gasteiger partial charge < -0.3 is 10.2 Å². The van der Waals surface area contributed by atoms with Gasteiger partial charge in [0.1, 0.15) is 11.6 Å². The van der Waals surface area contributed by atoms with Gasteiger partial charge in [-0.05, 0) is 13.3 Å². The van der Waals surface area contributed by atoms with Crippen LogP contribution in [0.15, 0.2) is 17.6 Å². The highest BCUT2D eigenvalue weighted by molar-refractivity contribution is 7.13. The maximum Gasteiger partial charge on any atom is 0.222 e. The number of aryl methyl sites for hydroxylation is 1. The molecule has 1 amide bonds. The summed E-state index contributed by atoms with van der Waals surface area (Å²) in [6.07, 6.45) is 3.24. The second kappa shape index (κ2) is 5.77. The normalized spacial score (nSPS) is 17.4. The summed E-state index contributed by atoms with van der Waals surface area (Å²) in [5.41, 5.74) is 0.898. The van der Waals surface area contributed by atoms with Gasteiger partial charge in [0.15, 0.2) is 5.13 Å². The molecule has 0 aliphatic carbocycles. The average Bonchev–Trinajstić information content (AvgIpc) is 2.89. The van der Waals surface area contributed by atoms with Crippen LogP contribution in [0.2, 0.25) is 0 Å². The number of aromatic nitrogens is 3. The first kappa shape index (κ1) is 13.9. The second-order valence-corrected chi connectivity index (χ2v) is 5.83. The number of carbonyl (C=O) groups is 1. The average molecular weight is 303 g/mol. The van der Waals surface area contributed by atoms with E-state index in [1.165, 1.54) is 11.3 Å². The third-order valence-corrected chi connectivity index (χ3v) is 4.20. The van der Waals surface area contributed by atoms with E-state index in [1.54, 1.807) is 6.20 Å². The van der Waals surface area contributed by atoms with Crippen LogP contribution in [0.4, 0.5) is 10.9 Å². The van der Waals surface area contributed by atoms with Crippen LogP contribution in [0.5, 0.6) is 0 Å². The molecular weight excluding hydrogens is 286 g/mol. The smallest absolute Gasteiger partial charge is 0.222 e. The van der Waals surface area contributed by atoms with Gasteiger partial charge in [0, 0.05) is 30.6 Å². The summed E-state index contributed by atoms with van der Waals surface area (Å²) >= 11 is 1.52. The Labute approximate surface area is 127 Å². The first-order valence-electron chi connectivity index (χ1n) is 6.99. The Morgan fingerprint density at radius 1 is 1.52 bits per heavy atom. The minimum atomic E-state index is 0.0796. The van der Waals surface area contributed by atoms with Crippen LogP contribution in [0.25, 0.3) is 0 Å². The van der Waals surface area contributed by atoms with E-state index in [-0.39, 0.29) is 11.9 Å². The first-order valence-corrected chi connectivity index (χ1v) is 7.87. The van der Waals surface area contributed by atoms with Gasteiger partial charge in [0.2, 0.25) is 5.91 Å². The van der Waals surface area contributed by atoms with E-state index < -0.39 is 0 Å². The van der Waals surface area contributed by atoms with Crippen molar-refractivity contribution in [3.05, 3.63) is 29.2 Å². The summed E-state index contributed by atoms with van der Waals surface area (Å²) in [5, 5.41) is 5.89. The van der Waals surface area contributed by atoms with E-state index in [4.69, 9.17) is 0 Å². The molecule has 7 heteroatoms. The fourth-order valence-electron chi connectivity index (χ4n) is 2.42. The molecule has 1 fully saturated rings. The lowest BCUT2D eigenvalue weighted by Gasteiger charge is -2.40. The number of hydrogen-bond acceptors (Lipinski definition) is 6. The zero-order valence-electron chi connectivity index (χ0n) is 12.0. The lowest BCUT2D eigenvalue weighted by Crippen LogP contribution is -2.45. The highest BCUT2D eigenvalue weighted by Crippen LogP contribution is 2.33. The van der Waals surface area contributed by atoms with Crippen molar-refractivity contribution < 1.29 is 4.79 Å². The molecule has 1 atom stereocenters. The van der Waals surface area contributed by atoms with Crippen molar-refractivity contribution in [2.45, 2.75) is 32.7 Å². The van der Waals surface area contributed by atoms with Gasteiger partial charge in [0.05, 0.1) is 11.7 Å². The Balaban J connectivity index is 1.83. The van der Waals surface area contributed by atoms with Crippen molar-refractivity contribution in [1.82, 2.24) is 19.9 Å². The van der Waals surface area contributed by atoms with Crippen molar-refractivity contribution >= 4 is 28.2 Å². The number of likely N-dealkylation sites (tertiary alicyclic amines) is 1. The number of rotatable bonds is 4. The van der Waals surface area contributed by atoms with E-state index in [0.29, 0.717) is 12.2 Å². The van der Waals surface area contributed by atoms with E-state index in [2.05, 4.69) is 20.3 Å². The molecule has 0 bridgehead atoms. The van der Waals surface area contributed by atoms with Crippen molar-refractivity contribution in [3.8, 4) is 0 Å². The topological polar surface area (TPSA) is 71.0 Å². The minimum absolute atomic E-state index is 0.0796. The van der Waals surface area contributed by atoms with Gasteiger partial charge in [-0.3, -0.25) is 4.79 Å². The van der Waals surface area contributed by atoms with Gasteiger partial charge >= 0.3 is 0 Å². The maximum atomic E-state index is 11.9. The number of amides is 1. The van der Waals surface area contributed by atoms with E-state index in [9.17, 15) is 4.79 Å². The first-order chi connectivity index (χ1) is 10.2. The zero-order valence-corrected chi connectivity index (χ0v) is 12.9. The number of hydrogen-bond donors (Lipinski definition) is 1. The highest BCUT2D eigenvalue weighted by Gasteiger charge is 2.33. The third kappa shape index (κ3) is 2.87. The molecule has 1 N–H and O–H groups in total. The van der Waals surface area contributed by atoms with E-state index in [0.717, 1.165) is 29.6 Å². The Morgan fingerprint density at radius 3 is 3.00 bits per heavy atom. The van der Waals surface area contributed by atoms with Gasteiger partial charge in [-0.15, -0.1) is 11.3 Å². The second-order valence-electron chi connectivity index (χ2n) is 4.93. The van der Waals surface area contributed by atoms with Gasteiger partial charge in [-0.1, -0.05) is 6.92 Å². The SMILES string of the molecule is CCC(=O)N1CCC1c1cc(Nc2nccs2)nc(C)n1. The summed E-state index contributed by atoms with van der Waals surface area (Å²) < 4.78 is 0. The molecule has 6 nitrogen and oxygen atoms in total. The van der Waals surface area contributed by atoms with Crippen molar-refractivity contribution in [3.63, 3.8) is 0 Å². The largest absolute Gasteiger partial charge is 0.334 e. The summed E-state index contributed by atoms with van der Waals surface area (Å²) in [6, 6.07) is 1.99. The molecule has 0 aromatic carbocycles. The molecule has 0 spiro atoms. The molecule has 2 aromatic rings. The predicted octanol–water partition coefficient (Wildman–Crippen LogP) is 2.67. The molecule has 1 aliphatic heterocycles. The van der Waals surface area contributed by atoms with E-state index >= 15 is 0 Å². The standard InChI is InChI=1S/C14H17N5OS/c1-3-13(20)19-6-4-11(19)10-8-12(17-9(2)16-10)18-14-15-5-7-21-14/h5,7-8,11H,3-4,6H2,1-2H3,(H,15,16,17,18). The van der Waals surface area contributed by atoms with Crippen molar-refractivity contribution in [1.29, 1.82) is 0 Å². The predicted molar refractivity (Wildman–Crippen MR) is 81.5 cm³/mol. The molecule has 1 saturated heterocycles. The lowest BCUT2D eigenvalue weighted by atomic mass is 9.98. The van der Waals surface area contributed by atoms with Crippen LogP contribution in [0.3, 0.4) is 0 Å². The van der Waals surface area contributed by atoms with Crippen LogP contribution < -0.4 is 5.32 Å². The molecule has 2 aromatic heterocycles. The Hall–Kier alpha value is -2.02. The molecule has 3 heterocycles. The van der Waals surface area contributed by atoms with Crippen LogP contribution in [0, 0.1) is 6.92 Å². The molecule has 3 rings (SSSR count). The van der Waals surface area contributed by atoms with Crippen LogP contribution in [0.1, 0.15) is 37.3 Å². The Kier molecular flexibility index (Phi) is 3.83. The van der Waals surface area contributed by atoms with Crippen LogP contribution >= 0.6 is 11.3 Å². The Morgan fingerprint density at radius 2 is 2.38 bits per heavy atom. The molecule has 110 valence electrons. The zero-order chi connectivity index (χ0) is 14.8. The fraction of sp³-hybridized carbons (Fsp3) is 0.429. The molecular formula is C14H17N5OS. The quantitative estimate of drug-likeness (QED) is 0.940. The fourth-order valence-corrected chi connectivity index (χ4v) is 2.95. The molecule has 1 unspecified atom stereocenters. The van der Waals surface area contributed by atoms with E-state index in [1.807, 2.05) is 30.2 Å². The van der Waals surface area contributed by atoms with Crippen LogP contribution in [-0.2, 0) is 4.79 Å². The highest BCUT2D eigenvalue weighted by atomic mass is 32.1. The number of nitrogens with zero attached hydrogens (tertiary/aromatic N) is 4. The Bertz CT molecular complexity index is 643. The number of carbonyl (C=O) groups excluding carboxylic acids is 1. The molecule has 21 heavy (non-hydrogen) atoms. The molecule has 0 saturated carbocycles. The number of nitrogens with one attached hydrogen (secondary N) is 1. The molecule has 1 aliphatic rings. The van der Waals surface area contributed by atoms with Gasteiger partial charge in [0.25, 0.3) is 0 Å². The summed E-state index contributed by atoms with van der Waals surface area (Å²) in [5.74, 6) is 1.60. The maximum absolute atomic E-state index is 11.9. The number of anilines is 2. The summed E-state index contributed by atoms with van der Waals surface area (Å²) in [7, 11) is 0. The minimum Gasteiger partial charge on any atom is -0.334 e. The third-order valence-electron chi connectivity index (χ3n) is 3.51. The van der Waals surface area contributed by atoms with Gasteiger partial charge in [-0.25, -0.2) is 15.0 Å². The summed E-state index contributed by atoms with van der Waals surface area (Å²) in [4.78, 5) is 26.8. The number of thiazole rings is 1.